The summed E-state index contributed by atoms with van der Waals surface area (Å²) in [6.07, 6.45) is 0.811. The average molecular weight is 300 g/mol. The molecule has 1 aliphatic rings. The lowest BCUT2D eigenvalue weighted by molar-refractivity contribution is -0.140. The minimum atomic E-state index is -0.373. The minimum absolute atomic E-state index is 0.0174. The maximum Gasteiger partial charge on any atom is 0.248 e. The van der Waals surface area contributed by atoms with Gasteiger partial charge in [0.05, 0.1) is 13.2 Å². The van der Waals surface area contributed by atoms with Gasteiger partial charge in [0.15, 0.2) is 0 Å². The second-order valence-corrected chi connectivity index (χ2v) is 6.32. The van der Waals surface area contributed by atoms with Crippen molar-refractivity contribution < 1.29 is 19.1 Å². The van der Waals surface area contributed by atoms with E-state index in [1.165, 1.54) is 0 Å². The molecule has 0 aromatic carbocycles. The van der Waals surface area contributed by atoms with Crippen molar-refractivity contribution in [2.24, 2.45) is 5.41 Å². The molecule has 0 aliphatic carbocycles. The number of carbonyl (C=O) groups is 2. The van der Waals surface area contributed by atoms with Crippen molar-refractivity contribution in [3.8, 4) is 0 Å². The third-order valence-corrected chi connectivity index (χ3v) is 3.43. The second-order valence-electron chi connectivity index (χ2n) is 6.32. The third-order valence-electron chi connectivity index (χ3n) is 3.43. The molecule has 6 heteroatoms. The van der Waals surface area contributed by atoms with E-state index in [1.54, 1.807) is 12.0 Å². The van der Waals surface area contributed by atoms with Crippen molar-refractivity contribution in [1.82, 2.24) is 9.80 Å². The van der Waals surface area contributed by atoms with Crippen LogP contribution in [0.2, 0.25) is 0 Å². The Morgan fingerprint density at radius 3 is 2.24 bits per heavy atom. The van der Waals surface area contributed by atoms with Crippen molar-refractivity contribution >= 4 is 11.8 Å². The fourth-order valence-corrected chi connectivity index (χ4v) is 2.24. The molecule has 1 saturated heterocycles. The highest BCUT2D eigenvalue weighted by atomic mass is 16.5. The van der Waals surface area contributed by atoms with E-state index >= 15 is 0 Å². The van der Waals surface area contributed by atoms with Gasteiger partial charge in [-0.15, -0.1) is 0 Å². The third kappa shape index (κ3) is 6.01. The second kappa shape index (κ2) is 8.34. The number of carbonyl (C=O) groups excluding carboxylic acids is 2. The van der Waals surface area contributed by atoms with Gasteiger partial charge in [-0.2, -0.15) is 0 Å². The summed E-state index contributed by atoms with van der Waals surface area (Å²) >= 11 is 0. The first-order chi connectivity index (χ1) is 9.86. The molecule has 2 amide bonds. The summed E-state index contributed by atoms with van der Waals surface area (Å²) in [5.74, 6) is 0.129. The molecule has 1 heterocycles. The van der Waals surface area contributed by atoms with Crippen molar-refractivity contribution in [2.45, 2.75) is 27.2 Å². The predicted molar refractivity (Wildman–Crippen MR) is 79.9 cm³/mol. The topological polar surface area (TPSA) is 59.1 Å². The summed E-state index contributed by atoms with van der Waals surface area (Å²) in [4.78, 5) is 28.0. The van der Waals surface area contributed by atoms with Gasteiger partial charge in [-0.25, -0.2) is 0 Å². The van der Waals surface area contributed by atoms with Crippen molar-refractivity contribution in [3.63, 3.8) is 0 Å². The summed E-state index contributed by atoms with van der Waals surface area (Å²) in [5, 5.41) is 0. The summed E-state index contributed by atoms with van der Waals surface area (Å²) in [5.41, 5.74) is -0.373. The van der Waals surface area contributed by atoms with Crippen LogP contribution in [-0.2, 0) is 19.1 Å². The van der Waals surface area contributed by atoms with Crippen LogP contribution < -0.4 is 0 Å². The molecule has 0 saturated carbocycles. The van der Waals surface area contributed by atoms with Crippen molar-refractivity contribution in [2.75, 3.05) is 53.1 Å². The van der Waals surface area contributed by atoms with Gasteiger partial charge in [-0.1, -0.05) is 20.8 Å². The molecule has 6 nitrogen and oxygen atoms in total. The van der Waals surface area contributed by atoms with Gasteiger partial charge in [0, 0.05) is 38.7 Å². The van der Waals surface area contributed by atoms with Gasteiger partial charge in [-0.05, 0) is 6.42 Å². The highest BCUT2D eigenvalue weighted by Crippen LogP contribution is 2.18. The summed E-state index contributed by atoms with van der Waals surface area (Å²) in [6.45, 7) is 9.33. The lowest BCUT2D eigenvalue weighted by Crippen LogP contribution is -2.42. The molecule has 1 rings (SSSR count). The smallest absolute Gasteiger partial charge is 0.248 e. The zero-order valence-corrected chi connectivity index (χ0v) is 13.7. The Morgan fingerprint density at radius 2 is 1.62 bits per heavy atom. The molecule has 0 bridgehead atoms. The molecule has 0 N–H and O–H groups in total. The lowest BCUT2D eigenvalue weighted by atomic mass is 9.94. The first-order valence-corrected chi connectivity index (χ1v) is 7.50. The van der Waals surface area contributed by atoms with Gasteiger partial charge in [-0.3, -0.25) is 9.59 Å². The molecule has 0 aromatic heterocycles. The Balaban J connectivity index is 2.41. The van der Waals surface area contributed by atoms with Crippen LogP contribution in [0.5, 0.6) is 0 Å². The summed E-state index contributed by atoms with van der Waals surface area (Å²) < 4.78 is 10.1. The molecule has 0 atom stereocenters. The Hall–Kier alpha value is -1.14. The first-order valence-electron chi connectivity index (χ1n) is 7.50. The molecule has 122 valence electrons. The van der Waals surface area contributed by atoms with E-state index < -0.39 is 0 Å². The maximum absolute atomic E-state index is 12.3. The normalized spacial score (nSPS) is 16.8. The Bertz CT molecular complexity index is 352. The SMILES string of the molecule is COCCOCC(=O)N1CCCN(C(=O)C(C)(C)C)CC1. The molecule has 0 aromatic rings. The van der Waals surface area contributed by atoms with E-state index in [0.717, 1.165) is 6.42 Å². The number of nitrogens with zero attached hydrogens (tertiary/aromatic N) is 2. The fourth-order valence-electron chi connectivity index (χ4n) is 2.24. The number of hydrogen-bond donors (Lipinski definition) is 0. The Kier molecular flexibility index (Phi) is 7.11. The van der Waals surface area contributed by atoms with Gasteiger partial charge in [0.1, 0.15) is 6.61 Å². The number of ether oxygens (including phenoxy) is 2. The molecule has 21 heavy (non-hydrogen) atoms. The molecule has 0 radical (unpaired) electrons. The zero-order chi connectivity index (χ0) is 15.9. The van der Waals surface area contributed by atoms with E-state index in [4.69, 9.17) is 9.47 Å². The summed E-state index contributed by atoms with van der Waals surface area (Å²) in [6, 6.07) is 0. The standard InChI is InChI=1S/C15H28N2O4/c1-15(2,3)14(19)17-7-5-6-16(8-9-17)13(18)12-21-11-10-20-4/h5-12H2,1-4H3. The van der Waals surface area contributed by atoms with E-state index in [-0.39, 0.29) is 23.8 Å². The van der Waals surface area contributed by atoms with Gasteiger partial charge in [0.25, 0.3) is 0 Å². The monoisotopic (exact) mass is 300 g/mol. The highest BCUT2D eigenvalue weighted by molar-refractivity contribution is 5.82. The summed E-state index contributed by atoms with van der Waals surface area (Å²) in [7, 11) is 1.60. The molecule has 1 aliphatic heterocycles. The van der Waals surface area contributed by atoms with Crippen LogP contribution in [0.1, 0.15) is 27.2 Å². The molecule has 0 spiro atoms. The van der Waals surface area contributed by atoms with E-state index in [1.807, 2.05) is 25.7 Å². The van der Waals surface area contributed by atoms with Gasteiger partial charge in [0.2, 0.25) is 11.8 Å². The maximum atomic E-state index is 12.3. The Labute approximate surface area is 127 Å². The average Bonchev–Trinajstić information content (AvgIpc) is 2.67. The van der Waals surface area contributed by atoms with Crippen LogP contribution >= 0.6 is 0 Å². The van der Waals surface area contributed by atoms with Crippen LogP contribution in [0, 0.1) is 5.41 Å². The zero-order valence-electron chi connectivity index (χ0n) is 13.7. The largest absolute Gasteiger partial charge is 0.382 e. The van der Waals surface area contributed by atoms with E-state index in [2.05, 4.69) is 0 Å². The van der Waals surface area contributed by atoms with Crippen molar-refractivity contribution in [1.29, 1.82) is 0 Å². The fraction of sp³-hybridized carbons (Fsp3) is 0.867. The highest BCUT2D eigenvalue weighted by Gasteiger charge is 2.29. The van der Waals surface area contributed by atoms with Crippen LogP contribution in [0.4, 0.5) is 0 Å². The van der Waals surface area contributed by atoms with Crippen LogP contribution in [0.15, 0.2) is 0 Å². The number of rotatable bonds is 5. The molecule has 1 fully saturated rings. The van der Waals surface area contributed by atoms with E-state index in [9.17, 15) is 9.59 Å². The molecule has 0 unspecified atom stereocenters. The number of hydrogen-bond acceptors (Lipinski definition) is 4. The predicted octanol–water partition coefficient (Wildman–Crippen LogP) is 0.756. The van der Waals surface area contributed by atoms with Crippen LogP contribution in [0.25, 0.3) is 0 Å². The first kappa shape index (κ1) is 17.9. The van der Waals surface area contributed by atoms with Crippen molar-refractivity contribution in [3.05, 3.63) is 0 Å². The lowest BCUT2D eigenvalue weighted by Gasteiger charge is -2.28. The molecular formula is C15H28N2O4. The van der Waals surface area contributed by atoms with Crippen LogP contribution in [-0.4, -0.2) is 74.7 Å². The number of methoxy groups -OCH3 is 1. The quantitative estimate of drug-likeness (QED) is 0.703. The van der Waals surface area contributed by atoms with Crippen LogP contribution in [0.3, 0.4) is 0 Å². The Morgan fingerprint density at radius 1 is 1.00 bits per heavy atom. The van der Waals surface area contributed by atoms with E-state index in [0.29, 0.717) is 39.4 Å². The number of amides is 2. The van der Waals surface area contributed by atoms with Gasteiger partial charge < -0.3 is 19.3 Å². The minimum Gasteiger partial charge on any atom is -0.382 e. The molecular weight excluding hydrogens is 272 g/mol. The van der Waals surface area contributed by atoms with Gasteiger partial charge >= 0.3 is 0 Å².